The van der Waals surface area contributed by atoms with Gasteiger partial charge in [-0.1, -0.05) is 24.2 Å². The summed E-state index contributed by atoms with van der Waals surface area (Å²) in [5.41, 5.74) is 6.57. The molecule has 1 aromatic heterocycles. The molecule has 10 nitrogen and oxygen atoms in total. The Labute approximate surface area is 256 Å². The number of pyridine rings is 1. The Morgan fingerprint density at radius 2 is 1.88 bits per heavy atom. The van der Waals surface area contributed by atoms with Crippen LogP contribution < -0.4 is 15.4 Å². The van der Waals surface area contributed by atoms with Crippen LogP contribution in [0, 0.1) is 5.82 Å². The largest absolute Gasteiger partial charge is 0.489 e. The lowest BCUT2D eigenvalue weighted by molar-refractivity contribution is -0.128. The molecule has 2 N–H and O–H groups in total. The van der Waals surface area contributed by atoms with Crippen molar-refractivity contribution in [2.45, 2.75) is 37.9 Å². The minimum atomic E-state index is -0.563. The number of hydrogen-bond acceptors (Lipinski definition) is 8. The molecule has 2 aromatic rings. The highest BCUT2D eigenvalue weighted by atomic mass is 35.5. The predicted octanol–water partition coefficient (Wildman–Crippen LogP) is 2.96. The van der Waals surface area contributed by atoms with Gasteiger partial charge in [0.1, 0.15) is 34.5 Å². The summed E-state index contributed by atoms with van der Waals surface area (Å²) in [5.74, 6) is -0.440. The van der Waals surface area contributed by atoms with Gasteiger partial charge in [0.05, 0.1) is 11.6 Å². The molecule has 4 aliphatic rings. The number of benzene rings is 1. The van der Waals surface area contributed by atoms with Gasteiger partial charge in [0.2, 0.25) is 5.91 Å². The molecule has 2 amide bonds. The number of anilines is 2. The molecule has 1 unspecified atom stereocenters. The lowest BCUT2D eigenvalue weighted by Gasteiger charge is -2.40. The van der Waals surface area contributed by atoms with Gasteiger partial charge in [0, 0.05) is 69.6 Å². The zero-order chi connectivity index (χ0) is 30.6. The van der Waals surface area contributed by atoms with Crippen molar-refractivity contribution in [3.63, 3.8) is 0 Å². The van der Waals surface area contributed by atoms with Crippen LogP contribution in [-0.4, -0.2) is 120 Å². The number of nitrogen functional groups attached to an aromatic ring is 1. The van der Waals surface area contributed by atoms with Crippen LogP contribution in [0.1, 0.15) is 30.6 Å². The third-order valence-corrected chi connectivity index (χ3v) is 9.74. The number of piperazine rings is 2. The van der Waals surface area contributed by atoms with Gasteiger partial charge in [-0.25, -0.2) is 9.37 Å². The maximum Gasteiger partial charge on any atom is 0.261 e. The Hall–Kier alpha value is -3.41. The monoisotopic (exact) mass is 611 g/mol. The maximum absolute atomic E-state index is 15.3. The molecule has 6 rings (SSSR count). The molecule has 4 aliphatic heterocycles. The molecule has 3 saturated heterocycles. The van der Waals surface area contributed by atoms with Gasteiger partial charge < -0.3 is 30.1 Å². The van der Waals surface area contributed by atoms with Crippen LogP contribution in [0.5, 0.6) is 5.75 Å². The topological polar surface area (TPSA) is 98.5 Å². The van der Waals surface area contributed by atoms with Crippen molar-refractivity contribution in [2.24, 2.45) is 0 Å². The van der Waals surface area contributed by atoms with Crippen LogP contribution in [0.25, 0.3) is 11.3 Å². The minimum absolute atomic E-state index is 0.0374. The lowest BCUT2D eigenvalue weighted by atomic mass is 9.98. The number of rotatable bonds is 4. The Morgan fingerprint density at radius 1 is 1.14 bits per heavy atom. The molecule has 0 bridgehead atoms. The summed E-state index contributed by atoms with van der Waals surface area (Å²) in [5, 5.41) is 0.0374. The Balaban J connectivity index is 1.47. The normalized spacial score (nSPS) is 24.3. The van der Waals surface area contributed by atoms with Gasteiger partial charge in [0.15, 0.2) is 5.75 Å². The summed E-state index contributed by atoms with van der Waals surface area (Å²) in [6.07, 6.45) is 2.15. The van der Waals surface area contributed by atoms with Crippen LogP contribution in [0.15, 0.2) is 30.9 Å². The molecule has 3 fully saturated rings. The number of carbonyl (C=O) groups is 2. The van der Waals surface area contributed by atoms with Gasteiger partial charge in [-0.3, -0.25) is 14.5 Å². The molecule has 5 heterocycles. The second-order valence-corrected chi connectivity index (χ2v) is 13.0. The fourth-order valence-corrected chi connectivity index (χ4v) is 7.23. The Bertz CT molecular complexity index is 1440. The zero-order valence-electron chi connectivity index (χ0n) is 25.0. The number of nitrogens with two attached hydrogens (primary N) is 1. The van der Waals surface area contributed by atoms with Crippen LogP contribution in [0.3, 0.4) is 0 Å². The van der Waals surface area contributed by atoms with E-state index in [1.54, 1.807) is 15.9 Å². The van der Waals surface area contributed by atoms with Crippen LogP contribution in [-0.2, 0) is 4.79 Å². The predicted molar refractivity (Wildman–Crippen MR) is 165 cm³/mol. The van der Waals surface area contributed by atoms with Crippen LogP contribution in [0.2, 0.25) is 5.02 Å². The average Bonchev–Trinajstić information content (AvgIpc) is 3.22. The fourth-order valence-electron chi connectivity index (χ4n) is 6.94. The third kappa shape index (κ3) is 5.21. The number of nitrogens with zero attached hydrogens (tertiary/aromatic N) is 6. The molecule has 230 valence electrons. The Kier molecular flexibility index (Phi) is 7.76. The highest BCUT2D eigenvalue weighted by Crippen LogP contribution is 2.48. The van der Waals surface area contributed by atoms with E-state index in [0.29, 0.717) is 32.0 Å². The van der Waals surface area contributed by atoms with E-state index < -0.39 is 11.9 Å². The van der Waals surface area contributed by atoms with Crippen molar-refractivity contribution < 1.29 is 18.7 Å². The second kappa shape index (κ2) is 11.3. The number of hydrogen-bond donors (Lipinski definition) is 1. The molecule has 12 heteroatoms. The molecular weight excluding hydrogens is 573 g/mol. The third-order valence-electron chi connectivity index (χ3n) is 9.39. The zero-order valence-corrected chi connectivity index (χ0v) is 25.7. The van der Waals surface area contributed by atoms with E-state index >= 15 is 4.39 Å². The van der Waals surface area contributed by atoms with E-state index in [9.17, 15) is 9.59 Å². The number of halogens is 2. The minimum Gasteiger partial charge on any atom is -0.489 e. The van der Waals surface area contributed by atoms with E-state index in [4.69, 9.17) is 27.1 Å². The van der Waals surface area contributed by atoms with Gasteiger partial charge >= 0.3 is 0 Å². The smallest absolute Gasteiger partial charge is 0.261 e. The summed E-state index contributed by atoms with van der Waals surface area (Å²) in [6.45, 7) is 13.6. The van der Waals surface area contributed by atoms with Crippen molar-refractivity contribution >= 4 is 34.9 Å². The SMILES string of the molecule is C=CC(=O)N1CCN2C(=O)c3c(N4CC(N5CCN(C)CC5)CC4(C)C)nc(-c4c(N)cccc4F)c(Cl)c3OC[C@H]2C1. The number of amides is 2. The average molecular weight is 612 g/mol. The summed E-state index contributed by atoms with van der Waals surface area (Å²) in [6, 6.07) is 4.30. The molecule has 1 aromatic carbocycles. The van der Waals surface area contributed by atoms with Crippen molar-refractivity contribution in [1.82, 2.24) is 24.6 Å². The van der Waals surface area contributed by atoms with Crippen molar-refractivity contribution in [2.75, 3.05) is 76.6 Å². The van der Waals surface area contributed by atoms with Gasteiger partial charge in [-0.2, -0.15) is 0 Å². The van der Waals surface area contributed by atoms with Gasteiger partial charge in [0.25, 0.3) is 5.91 Å². The maximum atomic E-state index is 15.3. The highest BCUT2D eigenvalue weighted by molar-refractivity contribution is 6.35. The summed E-state index contributed by atoms with van der Waals surface area (Å²) < 4.78 is 21.7. The van der Waals surface area contributed by atoms with E-state index in [-0.39, 0.29) is 63.3 Å². The number of fused-ring (bicyclic) bond motifs is 2. The number of carbonyl (C=O) groups excluding carboxylic acids is 2. The molecule has 2 atom stereocenters. The van der Waals surface area contributed by atoms with Crippen molar-refractivity contribution in [3.8, 4) is 17.0 Å². The number of ether oxygens (including phenoxy) is 1. The van der Waals surface area contributed by atoms with Crippen molar-refractivity contribution in [3.05, 3.63) is 47.3 Å². The molecule has 0 radical (unpaired) electrons. The van der Waals surface area contributed by atoms with Crippen LogP contribution in [0.4, 0.5) is 15.9 Å². The number of likely N-dealkylation sites (N-methyl/N-ethyl adjacent to an activating group) is 1. The van der Waals surface area contributed by atoms with Crippen LogP contribution >= 0.6 is 11.6 Å². The Morgan fingerprint density at radius 3 is 2.58 bits per heavy atom. The van der Waals surface area contributed by atoms with E-state index in [1.807, 2.05) is 0 Å². The molecule has 0 aliphatic carbocycles. The first-order valence-electron chi connectivity index (χ1n) is 14.8. The number of aromatic nitrogens is 1. The highest BCUT2D eigenvalue weighted by Gasteiger charge is 2.47. The first-order chi connectivity index (χ1) is 20.5. The molecular formula is C31H39ClFN7O3. The summed E-state index contributed by atoms with van der Waals surface area (Å²) >= 11 is 6.97. The molecule has 0 saturated carbocycles. The quantitative estimate of drug-likeness (QED) is 0.416. The lowest BCUT2D eigenvalue weighted by Crippen LogP contribution is -2.57. The second-order valence-electron chi connectivity index (χ2n) is 12.6. The first kappa shape index (κ1) is 29.7. The van der Waals surface area contributed by atoms with Gasteiger partial charge in [-0.15, -0.1) is 0 Å². The van der Waals surface area contributed by atoms with E-state index in [0.717, 1.165) is 32.6 Å². The van der Waals surface area contributed by atoms with Gasteiger partial charge in [-0.05, 0) is 45.5 Å². The summed E-state index contributed by atoms with van der Waals surface area (Å²) in [4.78, 5) is 42.2. The first-order valence-corrected chi connectivity index (χ1v) is 15.2. The van der Waals surface area contributed by atoms with Crippen molar-refractivity contribution in [1.29, 1.82) is 0 Å². The van der Waals surface area contributed by atoms with E-state index in [1.165, 1.54) is 18.2 Å². The summed E-state index contributed by atoms with van der Waals surface area (Å²) in [7, 11) is 2.14. The molecule has 43 heavy (non-hydrogen) atoms. The van der Waals surface area contributed by atoms with E-state index in [2.05, 4.69) is 42.2 Å². The molecule has 0 spiro atoms. The fraction of sp³-hybridized carbons (Fsp3) is 0.516. The standard InChI is InChI=1S/C31H39ClFN7O3/c1-5-23(41)38-13-14-39-20(16-38)18-43-28-25(30(39)42)29(35-27(26(28)32)24-21(33)7-6-8-22(24)34)40-17-19(15-31(40,2)3)37-11-9-36(4)10-12-37/h5-8,19-20H,1,9-18,34H2,2-4H3/t19?,20-/m1/s1.